The minimum Gasteiger partial charge on any atom is -0.319 e. The molecule has 1 aromatic carbocycles. The molecule has 1 atom stereocenters. The minimum atomic E-state index is 0. The highest BCUT2D eigenvalue weighted by Crippen LogP contribution is 2.30. The number of rotatable bonds is 4. The molecule has 2 nitrogen and oxygen atoms in total. The first-order valence-corrected chi connectivity index (χ1v) is 7.23. The van der Waals surface area contributed by atoms with Gasteiger partial charge >= 0.3 is 0 Å². The molecule has 0 aliphatic carbocycles. The summed E-state index contributed by atoms with van der Waals surface area (Å²) in [6.45, 7) is 5.77. The first-order chi connectivity index (χ1) is 8.72. The number of halogens is 2. The molecule has 0 radical (unpaired) electrons. The van der Waals surface area contributed by atoms with E-state index in [9.17, 15) is 0 Å². The van der Waals surface area contributed by atoms with Crippen molar-refractivity contribution in [1.82, 2.24) is 10.2 Å². The molecule has 1 unspecified atom stereocenters. The fraction of sp³-hybridized carbons (Fsp3) is 0.600. The Morgan fingerprint density at radius 1 is 1.32 bits per heavy atom. The molecular weight excluding hydrogens is 279 g/mol. The van der Waals surface area contributed by atoms with E-state index in [2.05, 4.69) is 29.3 Å². The van der Waals surface area contributed by atoms with Crippen LogP contribution in [0.25, 0.3) is 0 Å². The predicted molar refractivity (Wildman–Crippen MR) is 85.3 cm³/mol. The highest BCUT2D eigenvalue weighted by molar-refractivity contribution is 6.31. The zero-order chi connectivity index (χ0) is 13.0. The van der Waals surface area contributed by atoms with E-state index >= 15 is 0 Å². The quantitative estimate of drug-likeness (QED) is 0.911. The third-order valence-corrected chi connectivity index (χ3v) is 4.39. The number of nitrogens with one attached hydrogen (secondary N) is 1. The molecule has 0 bridgehead atoms. The van der Waals surface area contributed by atoms with Crippen LogP contribution in [0.1, 0.15) is 31.4 Å². The normalized spacial score (nSPS) is 18.9. The molecule has 108 valence electrons. The van der Waals surface area contributed by atoms with Crippen LogP contribution in [0.15, 0.2) is 24.3 Å². The summed E-state index contributed by atoms with van der Waals surface area (Å²) in [5.41, 5.74) is 1.26. The second-order valence-corrected chi connectivity index (χ2v) is 5.64. The molecule has 4 heteroatoms. The summed E-state index contributed by atoms with van der Waals surface area (Å²) >= 11 is 6.28. The van der Waals surface area contributed by atoms with Gasteiger partial charge in [0.1, 0.15) is 0 Å². The van der Waals surface area contributed by atoms with E-state index in [-0.39, 0.29) is 12.4 Å². The summed E-state index contributed by atoms with van der Waals surface area (Å²) in [5.74, 6) is 0.838. The summed E-state index contributed by atoms with van der Waals surface area (Å²) in [6, 6.07) is 8.63. The van der Waals surface area contributed by atoms with Gasteiger partial charge in [-0.15, -0.1) is 12.4 Å². The van der Waals surface area contributed by atoms with Crippen molar-refractivity contribution in [3.63, 3.8) is 0 Å². The molecule has 0 amide bonds. The van der Waals surface area contributed by atoms with Gasteiger partial charge in [0.2, 0.25) is 0 Å². The Morgan fingerprint density at radius 2 is 1.95 bits per heavy atom. The van der Waals surface area contributed by atoms with Gasteiger partial charge in [-0.1, -0.05) is 29.8 Å². The Hall–Kier alpha value is -0.280. The monoisotopic (exact) mass is 302 g/mol. The number of benzene rings is 1. The van der Waals surface area contributed by atoms with Crippen LogP contribution in [0.5, 0.6) is 0 Å². The Labute approximate surface area is 127 Å². The zero-order valence-corrected chi connectivity index (χ0v) is 13.3. The van der Waals surface area contributed by atoms with Gasteiger partial charge in [-0.05, 0) is 64.0 Å². The standard InChI is InChI=1S/C15H23ClN2.ClH/c1-12(14-5-3-4-6-15(14)16)18-9-7-13(8-10-18)11-17-2;/h3-6,12-13,17H,7-11H2,1-2H3;1H. The molecule has 1 aliphatic heterocycles. The highest BCUT2D eigenvalue weighted by atomic mass is 35.5. The molecule has 0 saturated carbocycles. The lowest BCUT2D eigenvalue weighted by Gasteiger charge is -2.36. The molecule has 1 fully saturated rings. The van der Waals surface area contributed by atoms with E-state index in [1.807, 2.05) is 19.2 Å². The van der Waals surface area contributed by atoms with Gasteiger partial charge in [0, 0.05) is 11.1 Å². The molecule has 1 aromatic rings. The van der Waals surface area contributed by atoms with Crippen LogP contribution in [-0.4, -0.2) is 31.6 Å². The van der Waals surface area contributed by atoms with Crippen molar-refractivity contribution in [1.29, 1.82) is 0 Å². The van der Waals surface area contributed by atoms with Crippen LogP contribution in [0.2, 0.25) is 5.02 Å². The lowest BCUT2D eigenvalue weighted by atomic mass is 9.94. The number of nitrogens with zero attached hydrogens (tertiary/aromatic N) is 1. The van der Waals surface area contributed by atoms with Gasteiger partial charge in [0.25, 0.3) is 0 Å². The smallest absolute Gasteiger partial charge is 0.0453 e. The van der Waals surface area contributed by atoms with E-state index in [0.29, 0.717) is 6.04 Å². The zero-order valence-electron chi connectivity index (χ0n) is 11.7. The van der Waals surface area contributed by atoms with Gasteiger partial charge in [-0.25, -0.2) is 0 Å². The van der Waals surface area contributed by atoms with Crippen molar-refractivity contribution < 1.29 is 0 Å². The average Bonchev–Trinajstić information content (AvgIpc) is 2.40. The number of piperidine rings is 1. The van der Waals surface area contributed by atoms with Crippen LogP contribution >= 0.6 is 24.0 Å². The predicted octanol–water partition coefficient (Wildman–Crippen LogP) is 3.75. The number of hydrogen-bond donors (Lipinski definition) is 1. The maximum Gasteiger partial charge on any atom is 0.0453 e. The summed E-state index contributed by atoms with van der Waals surface area (Å²) in [5, 5.41) is 4.17. The third kappa shape index (κ3) is 4.35. The van der Waals surface area contributed by atoms with E-state index in [1.165, 1.54) is 31.5 Å². The van der Waals surface area contributed by atoms with Gasteiger partial charge in [-0.2, -0.15) is 0 Å². The molecule has 2 rings (SSSR count). The summed E-state index contributed by atoms with van der Waals surface area (Å²) in [4.78, 5) is 2.55. The van der Waals surface area contributed by atoms with Gasteiger partial charge in [0.05, 0.1) is 0 Å². The molecule has 0 spiro atoms. The van der Waals surface area contributed by atoms with Crippen LogP contribution in [0.3, 0.4) is 0 Å². The van der Waals surface area contributed by atoms with E-state index in [4.69, 9.17) is 11.6 Å². The van der Waals surface area contributed by atoms with Crippen LogP contribution in [-0.2, 0) is 0 Å². The number of hydrogen-bond acceptors (Lipinski definition) is 2. The van der Waals surface area contributed by atoms with Crippen molar-refractivity contribution in [3.05, 3.63) is 34.9 Å². The van der Waals surface area contributed by atoms with Crippen molar-refractivity contribution in [2.45, 2.75) is 25.8 Å². The van der Waals surface area contributed by atoms with E-state index < -0.39 is 0 Å². The SMILES string of the molecule is CNCC1CCN(C(C)c2ccccc2Cl)CC1.Cl. The van der Waals surface area contributed by atoms with Crippen molar-refractivity contribution in [2.24, 2.45) is 5.92 Å². The van der Waals surface area contributed by atoms with Crippen molar-refractivity contribution >= 4 is 24.0 Å². The molecule has 1 saturated heterocycles. The molecule has 1 heterocycles. The van der Waals surface area contributed by atoms with Gasteiger partial charge < -0.3 is 5.32 Å². The van der Waals surface area contributed by atoms with E-state index in [1.54, 1.807) is 0 Å². The Bertz CT molecular complexity index is 376. The molecule has 1 N–H and O–H groups in total. The topological polar surface area (TPSA) is 15.3 Å². The first-order valence-electron chi connectivity index (χ1n) is 6.85. The number of likely N-dealkylation sites (tertiary alicyclic amines) is 1. The molecule has 1 aliphatic rings. The van der Waals surface area contributed by atoms with Gasteiger partial charge in [0.15, 0.2) is 0 Å². The van der Waals surface area contributed by atoms with Crippen LogP contribution < -0.4 is 5.32 Å². The fourth-order valence-electron chi connectivity index (χ4n) is 2.84. The maximum atomic E-state index is 6.28. The fourth-order valence-corrected chi connectivity index (χ4v) is 3.14. The van der Waals surface area contributed by atoms with E-state index in [0.717, 1.165) is 17.5 Å². The Kier molecular flexibility index (Phi) is 7.16. The highest BCUT2D eigenvalue weighted by Gasteiger charge is 2.23. The Morgan fingerprint density at radius 3 is 2.53 bits per heavy atom. The largest absolute Gasteiger partial charge is 0.319 e. The maximum absolute atomic E-state index is 6.28. The average molecular weight is 303 g/mol. The lowest BCUT2D eigenvalue weighted by Crippen LogP contribution is -2.38. The summed E-state index contributed by atoms with van der Waals surface area (Å²) in [6.07, 6.45) is 2.57. The minimum absolute atomic E-state index is 0. The van der Waals surface area contributed by atoms with Crippen molar-refractivity contribution in [2.75, 3.05) is 26.7 Å². The molecule has 0 aromatic heterocycles. The molecule has 19 heavy (non-hydrogen) atoms. The second kappa shape index (κ2) is 8.11. The third-order valence-electron chi connectivity index (χ3n) is 4.04. The lowest BCUT2D eigenvalue weighted by molar-refractivity contribution is 0.141. The van der Waals surface area contributed by atoms with Crippen LogP contribution in [0, 0.1) is 5.92 Å². The van der Waals surface area contributed by atoms with Gasteiger partial charge in [-0.3, -0.25) is 4.90 Å². The molecular formula is C15H24Cl2N2. The summed E-state index contributed by atoms with van der Waals surface area (Å²) < 4.78 is 0. The first kappa shape index (κ1) is 16.8. The Balaban J connectivity index is 0.00000180. The second-order valence-electron chi connectivity index (χ2n) is 5.23. The van der Waals surface area contributed by atoms with Crippen molar-refractivity contribution in [3.8, 4) is 0 Å². The summed E-state index contributed by atoms with van der Waals surface area (Å²) in [7, 11) is 2.04. The van der Waals surface area contributed by atoms with Crippen LogP contribution in [0.4, 0.5) is 0 Å².